The summed E-state index contributed by atoms with van der Waals surface area (Å²) in [6.07, 6.45) is 0. The number of carbonyl (C=O) groups is 1. The van der Waals surface area contributed by atoms with Crippen molar-refractivity contribution in [2.45, 2.75) is 0 Å². The lowest BCUT2D eigenvalue weighted by Crippen LogP contribution is -2.14. The van der Waals surface area contributed by atoms with E-state index in [9.17, 15) is 9.18 Å². The molecule has 19 heavy (non-hydrogen) atoms. The van der Waals surface area contributed by atoms with Crippen LogP contribution in [0.5, 0.6) is 0 Å². The normalized spacial score (nSPS) is 10.2. The number of nitrogens with one attached hydrogen (secondary N) is 1. The van der Waals surface area contributed by atoms with Gasteiger partial charge < -0.3 is 16.8 Å². The Labute approximate surface area is 114 Å². The van der Waals surface area contributed by atoms with E-state index >= 15 is 0 Å². The molecule has 0 heterocycles. The molecule has 0 bridgehead atoms. The van der Waals surface area contributed by atoms with Crippen molar-refractivity contribution >= 4 is 34.6 Å². The van der Waals surface area contributed by atoms with Gasteiger partial charge in [0.05, 0.1) is 22.0 Å². The smallest absolute Gasteiger partial charge is 0.250 e. The Hall–Kier alpha value is -2.27. The lowest BCUT2D eigenvalue weighted by atomic mass is 10.1. The number of carbonyl (C=O) groups excluding carboxylic acids is 1. The molecule has 0 spiro atoms. The minimum Gasteiger partial charge on any atom is -0.399 e. The second-order valence-corrected chi connectivity index (χ2v) is 4.30. The standard InChI is InChI=1S/C13H11ClFN3O/c14-9-6-7(16)5-8(13(17)19)12(9)18-11-4-2-1-3-10(11)15/h1-6,18H,16H2,(H2,17,19). The number of halogens is 2. The number of hydrogen-bond acceptors (Lipinski definition) is 3. The van der Waals surface area contributed by atoms with E-state index in [1.54, 1.807) is 12.1 Å². The van der Waals surface area contributed by atoms with Gasteiger partial charge in [0.25, 0.3) is 5.91 Å². The van der Waals surface area contributed by atoms with E-state index in [-0.39, 0.29) is 22.0 Å². The SMILES string of the molecule is NC(=O)c1cc(N)cc(Cl)c1Nc1ccccc1F. The molecule has 98 valence electrons. The lowest BCUT2D eigenvalue weighted by Gasteiger charge is -2.13. The Balaban J connectivity index is 2.51. The topological polar surface area (TPSA) is 81.1 Å². The third-order valence-corrected chi connectivity index (χ3v) is 2.81. The molecule has 0 fully saturated rings. The summed E-state index contributed by atoms with van der Waals surface area (Å²) >= 11 is 6.01. The van der Waals surface area contributed by atoms with Crippen LogP contribution in [0.15, 0.2) is 36.4 Å². The third kappa shape index (κ3) is 2.77. The lowest BCUT2D eigenvalue weighted by molar-refractivity contribution is 0.100. The second kappa shape index (κ2) is 5.16. The van der Waals surface area contributed by atoms with Crippen molar-refractivity contribution in [2.24, 2.45) is 5.73 Å². The maximum atomic E-state index is 13.6. The molecule has 2 aromatic carbocycles. The first-order valence-corrected chi connectivity index (χ1v) is 5.77. The number of nitrogens with two attached hydrogens (primary N) is 2. The zero-order chi connectivity index (χ0) is 14.0. The number of rotatable bonds is 3. The minimum atomic E-state index is -0.701. The summed E-state index contributed by atoms with van der Waals surface area (Å²) in [4.78, 5) is 11.4. The van der Waals surface area contributed by atoms with Gasteiger partial charge in [-0.05, 0) is 24.3 Å². The van der Waals surface area contributed by atoms with E-state index < -0.39 is 11.7 Å². The summed E-state index contributed by atoms with van der Waals surface area (Å²) in [5, 5.41) is 2.95. The summed E-state index contributed by atoms with van der Waals surface area (Å²) in [6.45, 7) is 0. The molecule has 2 rings (SSSR count). The maximum absolute atomic E-state index is 13.6. The average Bonchev–Trinajstić information content (AvgIpc) is 2.34. The van der Waals surface area contributed by atoms with Crippen molar-refractivity contribution in [3.63, 3.8) is 0 Å². The summed E-state index contributed by atoms with van der Waals surface area (Å²) in [6, 6.07) is 8.86. The van der Waals surface area contributed by atoms with Gasteiger partial charge in [-0.3, -0.25) is 4.79 Å². The summed E-state index contributed by atoms with van der Waals surface area (Å²) in [5.74, 6) is -1.17. The van der Waals surface area contributed by atoms with Crippen LogP contribution in [0.25, 0.3) is 0 Å². The van der Waals surface area contributed by atoms with Crippen molar-refractivity contribution in [2.75, 3.05) is 11.1 Å². The number of primary amides is 1. The Kier molecular flexibility index (Phi) is 3.57. The van der Waals surface area contributed by atoms with Gasteiger partial charge in [0, 0.05) is 5.69 Å². The monoisotopic (exact) mass is 279 g/mol. The molecule has 0 aromatic heterocycles. The van der Waals surface area contributed by atoms with Gasteiger partial charge in [0.15, 0.2) is 0 Å². The van der Waals surface area contributed by atoms with E-state index in [4.69, 9.17) is 23.1 Å². The molecule has 0 atom stereocenters. The minimum absolute atomic E-state index is 0.105. The van der Waals surface area contributed by atoms with Gasteiger partial charge in [-0.15, -0.1) is 0 Å². The molecular formula is C13H11ClFN3O. The molecule has 6 heteroatoms. The number of benzene rings is 2. The van der Waals surface area contributed by atoms with Gasteiger partial charge in [-0.1, -0.05) is 23.7 Å². The fourth-order valence-electron chi connectivity index (χ4n) is 1.65. The van der Waals surface area contributed by atoms with Crippen LogP contribution in [-0.2, 0) is 0 Å². The van der Waals surface area contributed by atoms with Gasteiger partial charge in [-0.25, -0.2) is 4.39 Å². The van der Waals surface area contributed by atoms with E-state index in [1.165, 1.54) is 24.3 Å². The molecule has 0 aliphatic carbocycles. The Morgan fingerprint density at radius 1 is 1.26 bits per heavy atom. The molecule has 2 aromatic rings. The van der Waals surface area contributed by atoms with E-state index in [0.717, 1.165) is 0 Å². The summed E-state index contributed by atoms with van der Waals surface area (Å²) < 4.78 is 13.6. The molecule has 0 saturated carbocycles. The highest BCUT2D eigenvalue weighted by Gasteiger charge is 2.14. The van der Waals surface area contributed by atoms with Crippen LogP contribution in [0, 0.1) is 5.82 Å². The fourth-order valence-corrected chi connectivity index (χ4v) is 1.92. The maximum Gasteiger partial charge on any atom is 0.250 e. The molecule has 0 radical (unpaired) electrons. The Bertz CT molecular complexity index is 646. The molecule has 5 N–H and O–H groups in total. The van der Waals surface area contributed by atoms with Crippen molar-refractivity contribution < 1.29 is 9.18 Å². The van der Waals surface area contributed by atoms with Crippen LogP contribution < -0.4 is 16.8 Å². The van der Waals surface area contributed by atoms with E-state index in [2.05, 4.69) is 5.32 Å². The second-order valence-electron chi connectivity index (χ2n) is 3.89. The van der Waals surface area contributed by atoms with Crippen molar-refractivity contribution in [3.05, 3.63) is 52.8 Å². The van der Waals surface area contributed by atoms with E-state index in [0.29, 0.717) is 5.69 Å². The van der Waals surface area contributed by atoms with Crippen LogP contribution in [0.3, 0.4) is 0 Å². The fraction of sp³-hybridized carbons (Fsp3) is 0. The number of amides is 1. The van der Waals surface area contributed by atoms with Crippen LogP contribution in [0.2, 0.25) is 5.02 Å². The summed E-state index contributed by atoms with van der Waals surface area (Å²) in [5.41, 5.74) is 11.7. The highest BCUT2D eigenvalue weighted by molar-refractivity contribution is 6.34. The molecule has 0 unspecified atom stereocenters. The Morgan fingerprint density at radius 2 is 1.95 bits per heavy atom. The zero-order valence-corrected chi connectivity index (χ0v) is 10.5. The van der Waals surface area contributed by atoms with Crippen molar-refractivity contribution in [1.82, 2.24) is 0 Å². The van der Waals surface area contributed by atoms with E-state index in [1.807, 2.05) is 0 Å². The highest BCUT2D eigenvalue weighted by Crippen LogP contribution is 2.32. The molecule has 0 aliphatic heterocycles. The largest absolute Gasteiger partial charge is 0.399 e. The first-order chi connectivity index (χ1) is 8.99. The number of anilines is 3. The van der Waals surface area contributed by atoms with Gasteiger partial charge in [0.1, 0.15) is 5.82 Å². The predicted molar refractivity (Wildman–Crippen MR) is 74.1 cm³/mol. The van der Waals surface area contributed by atoms with Gasteiger partial charge in [-0.2, -0.15) is 0 Å². The van der Waals surface area contributed by atoms with Crippen molar-refractivity contribution in [3.8, 4) is 0 Å². The molecule has 4 nitrogen and oxygen atoms in total. The predicted octanol–water partition coefficient (Wildman–Crippen LogP) is 2.90. The number of para-hydroxylation sites is 1. The molecular weight excluding hydrogens is 269 g/mol. The summed E-state index contributed by atoms with van der Waals surface area (Å²) in [7, 11) is 0. The molecule has 1 amide bonds. The molecule has 0 aliphatic rings. The van der Waals surface area contributed by atoms with Crippen LogP contribution >= 0.6 is 11.6 Å². The Morgan fingerprint density at radius 3 is 2.58 bits per heavy atom. The van der Waals surface area contributed by atoms with Gasteiger partial charge in [0.2, 0.25) is 0 Å². The average molecular weight is 280 g/mol. The highest BCUT2D eigenvalue weighted by atomic mass is 35.5. The first-order valence-electron chi connectivity index (χ1n) is 5.39. The van der Waals surface area contributed by atoms with Crippen LogP contribution in [0.4, 0.5) is 21.5 Å². The van der Waals surface area contributed by atoms with Gasteiger partial charge >= 0.3 is 0 Å². The van der Waals surface area contributed by atoms with Crippen LogP contribution in [-0.4, -0.2) is 5.91 Å². The molecule has 0 saturated heterocycles. The quantitative estimate of drug-likeness (QED) is 0.756. The van der Waals surface area contributed by atoms with Crippen molar-refractivity contribution in [1.29, 1.82) is 0 Å². The number of hydrogen-bond donors (Lipinski definition) is 3. The third-order valence-electron chi connectivity index (χ3n) is 2.51. The van der Waals surface area contributed by atoms with Crippen LogP contribution in [0.1, 0.15) is 10.4 Å². The zero-order valence-electron chi connectivity index (χ0n) is 9.78. The first kappa shape index (κ1) is 13.2. The number of nitrogen functional groups attached to an aromatic ring is 1.